The van der Waals surface area contributed by atoms with Crippen LogP contribution in [0.2, 0.25) is 0 Å². The van der Waals surface area contributed by atoms with Gasteiger partial charge in [-0.1, -0.05) is 6.92 Å². The minimum Gasteiger partial charge on any atom is -0.450 e. The van der Waals surface area contributed by atoms with E-state index in [4.69, 9.17) is 20.4 Å². The van der Waals surface area contributed by atoms with Crippen molar-refractivity contribution in [2.75, 3.05) is 34.0 Å². The number of carbonyl (C=O) groups is 5. The van der Waals surface area contributed by atoms with Crippen molar-refractivity contribution in [2.24, 2.45) is 0 Å². The van der Waals surface area contributed by atoms with E-state index in [2.05, 4.69) is 28.4 Å². The van der Waals surface area contributed by atoms with Crippen LogP contribution in [0.1, 0.15) is 13.3 Å². The van der Waals surface area contributed by atoms with Crippen molar-refractivity contribution in [1.29, 1.82) is 0 Å². The summed E-state index contributed by atoms with van der Waals surface area (Å²) in [4.78, 5) is 48.8. The van der Waals surface area contributed by atoms with Crippen molar-refractivity contribution in [3.05, 3.63) is 0 Å². The predicted molar refractivity (Wildman–Crippen MR) is 84.5 cm³/mol. The predicted octanol–water partition coefficient (Wildman–Crippen LogP) is 1.93. The maximum atomic E-state index is 9.99. The molecule has 0 heterocycles. The Hall–Kier alpha value is -3.65. The molecule has 0 radical (unpaired) electrons. The maximum Gasteiger partial charge on any atom is 0.507 e. The average molecular weight is 418 g/mol. The summed E-state index contributed by atoms with van der Waals surface area (Å²) in [6.07, 6.45) is -6.78. The first-order valence-corrected chi connectivity index (χ1v) is 7.08. The molecule has 0 spiro atoms. The van der Waals surface area contributed by atoms with Gasteiger partial charge in [0.25, 0.3) is 0 Å². The molecule has 0 saturated heterocycles. The number of hydrogen-bond acceptors (Lipinski definition) is 11. The molecule has 0 bridgehead atoms. The summed E-state index contributed by atoms with van der Waals surface area (Å²) in [5.74, 6) is 0. The molecule has 1 atom stereocenters. The molecule has 0 aromatic rings. The van der Waals surface area contributed by atoms with E-state index >= 15 is 0 Å². The van der Waals surface area contributed by atoms with E-state index < -0.39 is 36.9 Å². The lowest BCUT2D eigenvalue weighted by molar-refractivity contribution is 0.00376. The van der Waals surface area contributed by atoms with Gasteiger partial charge in [-0.3, -0.25) is 0 Å². The Morgan fingerprint density at radius 1 is 0.714 bits per heavy atom. The molecule has 4 N–H and O–H groups in total. The second-order valence-corrected chi connectivity index (χ2v) is 3.88. The summed E-state index contributed by atoms with van der Waals surface area (Å²) >= 11 is 0. The number of ether oxygens (including phenoxy) is 6. The fourth-order valence-corrected chi connectivity index (χ4v) is 0.883. The van der Waals surface area contributed by atoms with Gasteiger partial charge in [0.2, 0.25) is 0 Å². The minimum absolute atomic E-state index is 0.266. The molecule has 0 saturated carbocycles. The third-order valence-corrected chi connectivity index (χ3v) is 1.98. The van der Waals surface area contributed by atoms with Crippen LogP contribution in [0.5, 0.6) is 0 Å². The average Bonchev–Trinajstić information content (AvgIpc) is 2.61. The largest absolute Gasteiger partial charge is 0.507 e. The third kappa shape index (κ3) is 30.3. The van der Waals surface area contributed by atoms with Crippen molar-refractivity contribution in [2.45, 2.75) is 19.4 Å². The van der Waals surface area contributed by atoms with Gasteiger partial charge in [0.15, 0.2) is 0 Å². The Balaban J connectivity index is -0.000000354. The van der Waals surface area contributed by atoms with Crippen LogP contribution in [0.25, 0.3) is 0 Å². The third-order valence-electron chi connectivity index (χ3n) is 1.98. The smallest absolute Gasteiger partial charge is 0.450 e. The van der Waals surface area contributed by atoms with Crippen LogP contribution >= 0.6 is 0 Å². The van der Waals surface area contributed by atoms with E-state index in [0.29, 0.717) is 6.42 Å². The van der Waals surface area contributed by atoms with Crippen molar-refractivity contribution < 1.29 is 72.8 Å². The van der Waals surface area contributed by atoms with Gasteiger partial charge >= 0.3 is 30.8 Å². The molecule has 0 fully saturated rings. The number of carboxylic acid groups (broad SMARTS) is 4. The maximum absolute atomic E-state index is 9.99. The molecule has 15 heteroatoms. The van der Waals surface area contributed by atoms with E-state index in [9.17, 15) is 24.0 Å². The normalized spacial score (nSPS) is 9.54. The molecular weight excluding hydrogens is 396 g/mol. The Morgan fingerprint density at radius 3 is 1.32 bits per heavy atom. The zero-order chi connectivity index (χ0) is 22.5. The first-order chi connectivity index (χ1) is 13.0. The molecular formula is C13H22O15. The molecule has 0 amide bonds. The topological polar surface area (TPSA) is 222 Å². The summed E-state index contributed by atoms with van der Waals surface area (Å²) < 4.78 is 24.3. The second kappa shape index (κ2) is 19.7. The van der Waals surface area contributed by atoms with Crippen LogP contribution in [0.4, 0.5) is 24.0 Å². The van der Waals surface area contributed by atoms with Crippen LogP contribution in [0.3, 0.4) is 0 Å². The highest BCUT2D eigenvalue weighted by molar-refractivity contribution is 5.59. The molecule has 0 aliphatic carbocycles. The zero-order valence-corrected chi connectivity index (χ0v) is 15.2. The number of rotatable bonds is 7. The monoisotopic (exact) mass is 418 g/mol. The van der Waals surface area contributed by atoms with E-state index in [1.165, 1.54) is 14.2 Å². The minimum atomic E-state index is -1.45. The van der Waals surface area contributed by atoms with Crippen LogP contribution in [0, 0.1) is 0 Å². The number of carbonyl (C=O) groups excluding carboxylic acids is 1. The van der Waals surface area contributed by atoms with E-state index in [-0.39, 0.29) is 19.8 Å². The summed E-state index contributed by atoms with van der Waals surface area (Å²) in [7, 11) is 2.51. The lowest BCUT2D eigenvalue weighted by atomic mass is 10.3. The van der Waals surface area contributed by atoms with Crippen molar-refractivity contribution in [3.8, 4) is 0 Å². The molecule has 0 aromatic carbocycles. The molecule has 28 heavy (non-hydrogen) atoms. The van der Waals surface area contributed by atoms with Crippen molar-refractivity contribution >= 4 is 30.8 Å². The van der Waals surface area contributed by atoms with E-state index in [0.717, 1.165) is 0 Å². The SMILES string of the molecule is CCC(COC(=O)O)OC(=O)O.COC(=O)OC.O=C(O)OCCOC(=O)O. The first kappa shape index (κ1) is 29.1. The second-order valence-electron chi connectivity index (χ2n) is 3.88. The highest BCUT2D eigenvalue weighted by Gasteiger charge is 2.13. The fourth-order valence-electron chi connectivity index (χ4n) is 0.883. The molecule has 1 unspecified atom stereocenters. The summed E-state index contributed by atoms with van der Waals surface area (Å²) in [6.45, 7) is 0.847. The number of hydrogen-bond donors (Lipinski definition) is 4. The Bertz CT molecular complexity index is 453. The molecule has 0 aromatic heterocycles. The Labute approximate surface area is 158 Å². The Morgan fingerprint density at radius 2 is 1.11 bits per heavy atom. The Kier molecular flexibility index (Phi) is 20.5. The van der Waals surface area contributed by atoms with Crippen molar-refractivity contribution in [3.63, 3.8) is 0 Å². The van der Waals surface area contributed by atoms with Gasteiger partial charge in [-0.05, 0) is 6.42 Å². The fraction of sp³-hybridized carbons (Fsp3) is 0.615. The summed E-state index contributed by atoms with van der Waals surface area (Å²) in [5, 5.41) is 31.9. The van der Waals surface area contributed by atoms with Gasteiger partial charge in [0, 0.05) is 0 Å². The summed E-state index contributed by atoms with van der Waals surface area (Å²) in [5.41, 5.74) is 0. The van der Waals surface area contributed by atoms with Gasteiger partial charge < -0.3 is 48.8 Å². The van der Waals surface area contributed by atoms with E-state index in [1.54, 1.807) is 6.92 Å². The van der Waals surface area contributed by atoms with Gasteiger partial charge in [0.05, 0.1) is 14.2 Å². The van der Waals surface area contributed by atoms with Gasteiger partial charge in [-0.2, -0.15) is 0 Å². The molecule has 15 nitrogen and oxygen atoms in total. The highest BCUT2D eigenvalue weighted by atomic mass is 16.7. The quantitative estimate of drug-likeness (QED) is 0.263. The van der Waals surface area contributed by atoms with Gasteiger partial charge in [-0.25, -0.2) is 24.0 Å². The summed E-state index contributed by atoms with van der Waals surface area (Å²) in [6, 6.07) is 0. The lowest BCUT2D eigenvalue weighted by Crippen LogP contribution is -2.23. The molecule has 0 aliphatic rings. The van der Waals surface area contributed by atoms with Crippen LogP contribution in [0.15, 0.2) is 0 Å². The van der Waals surface area contributed by atoms with Crippen LogP contribution in [-0.2, 0) is 28.4 Å². The lowest BCUT2D eigenvalue weighted by Gasteiger charge is -2.11. The molecule has 0 aliphatic heterocycles. The standard InChI is InChI=1S/C6H10O6.C4H6O6.C3H6O3/c1-2-4(12-6(9)10)3-11-5(7)8;5-3(6)9-1-2-10-4(7)8;1-5-3(4)6-2/h4H,2-3H2,1H3,(H,7,8)(H,9,10);1-2H2,(H,5,6)(H,7,8);1-2H3. The van der Waals surface area contributed by atoms with E-state index in [1.807, 2.05) is 0 Å². The van der Waals surface area contributed by atoms with Crippen molar-refractivity contribution in [1.82, 2.24) is 0 Å². The van der Waals surface area contributed by atoms with Gasteiger partial charge in [0.1, 0.15) is 25.9 Å². The van der Waals surface area contributed by atoms with Crippen LogP contribution < -0.4 is 0 Å². The number of methoxy groups -OCH3 is 2. The van der Waals surface area contributed by atoms with Crippen LogP contribution in [-0.4, -0.2) is 91.3 Å². The van der Waals surface area contributed by atoms with Gasteiger partial charge in [-0.15, -0.1) is 0 Å². The molecule has 0 rings (SSSR count). The first-order valence-electron chi connectivity index (χ1n) is 7.08. The molecule has 164 valence electrons. The zero-order valence-electron chi connectivity index (χ0n) is 15.2. The highest BCUT2D eigenvalue weighted by Crippen LogP contribution is 1.99.